The minimum atomic E-state index is -0.471. The van der Waals surface area contributed by atoms with Crippen LogP contribution in [0.2, 0.25) is 5.02 Å². The van der Waals surface area contributed by atoms with Crippen LogP contribution in [0.5, 0.6) is 17.2 Å². The number of hydrogen-bond donors (Lipinski definition) is 1. The number of methoxy groups -OCH3 is 1. The number of amidine groups is 1. The van der Waals surface area contributed by atoms with E-state index in [0.717, 1.165) is 11.8 Å². The number of carbonyl (C=O) groups excluding carboxylic acids is 2. The number of rotatable bonds is 3. The van der Waals surface area contributed by atoms with E-state index in [-0.39, 0.29) is 17.9 Å². The summed E-state index contributed by atoms with van der Waals surface area (Å²) in [6.45, 7) is 0.136. The first-order chi connectivity index (χ1) is 13.5. The van der Waals surface area contributed by atoms with Gasteiger partial charge in [0.1, 0.15) is 5.75 Å². The molecule has 2 amide bonds. The number of aliphatic imine (C=N–C) groups is 1. The van der Waals surface area contributed by atoms with Gasteiger partial charge < -0.3 is 19.5 Å². The third-order valence-electron chi connectivity index (χ3n) is 3.96. The molecule has 4 rings (SSSR count). The number of halogens is 1. The number of nitrogens with zero attached hydrogens (tertiary/aromatic N) is 1. The fraction of sp³-hybridized carbons (Fsp3) is 0.105. The van der Waals surface area contributed by atoms with Gasteiger partial charge in [-0.05, 0) is 48.2 Å². The van der Waals surface area contributed by atoms with E-state index < -0.39 is 5.91 Å². The van der Waals surface area contributed by atoms with Gasteiger partial charge in [0.05, 0.1) is 12.0 Å². The molecule has 0 aliphatic carbocycles. The van der Waals surface area contributed by atoms with Gasteiger partial charge in [-0.1, -0.05) is 11.6 Å². The molecule has 2 aromatic rings. The van der Waals surface area contributed by atoms with E-state index in [1.165, 1.54) is 7.11 Å². The van der Waals surface area contributed by atoms with E-state index in [9.17, 15) is 9.59 Å². The summed E-state index contributed by atoms with van der Waals surface area (Å²) in [6.07, 6.45) is 1.65. The van der Waals surface area contributed by atoms with Gasteiger partial charge in [-0.25, -0.2) is 0 Å². The fourth-order valence-electron chi connectivity index (χ4n) is 2.60. The van der Waals surface area contributed by atoms with Crippen LogP contribution in [0, 0.1) is 0 Å². The Kier molecular flexibility index (Phi) is 4.97. The number of carbonyl (C=O) groups is 2. The smallest absolute Gasteiger partial charge is 0.279 e. The summed E-state index contributed by atoms with van der Waals surface area (Å²) < 4.78 is 16.1. The van der Waals surface area contributed by atoms with Gasteiger partial charge in [-0.3, -0.25) is 9.59 Å². The molecule has 0 spiro atoms. The number of ether oxygens (including phenoxy) is 3. The van der Waals surface area contributed by atoms with Crippen LogP contribution in [0.15, 0.2) is 46.3 Å². The first-order valence-electron chi connectivity index (χ1n) is 8.10. The highest BCUT2D eigenvalue weighted by molar-refractivity contribution is 8.18. The molecule has 2 aliphatic rings. The van der Waals surface area contributed by atoms with Crippen LogP contribution in [0.4, 0.5) is 0 Å². The summed E-state index contributed by atoms with van der Waals surface area (Å²) in [7, 11) is 1.53. The van der Waals surface area contributed by atoms with E-state index in [4.69, 9.17) is 25.8 Å². The zero-order valence-corrected chi connectivity index (χ0v) is 16.1. The normalized spacial score (nSPS) is 17.9. The van der Waals surface area contributed by atoms with E-state index in [1.807, 2.05) is 0 Å². The molecule has 0 radical (unpaired) electrons. The van der Waals surface area contributed by atoms with Crippen molar-refractivity contribution in [1.29, 1.82) is 0 Å². The zero-order chi connectivity index (χ0) is 19.7. The number of benzene rings is 2. The molecule has 1 saturated heterocycles. The van der Waals surface area contributed by atoms with Gasteiger partial charge in [-0.2, -0.15) is 4.99 Å². The number of fused-ring (bicyclic) bond motifs is 1. The molecule has 0 unspecified atom stereocenters. The van der Waals surface area contributed by atoms with Gasteiger partial charge in [0, 0.05) is 22.2 Å². The Morgan fingerprint density at radius 2 is 1.96 bits per heavy atom. The van der Waals surface area contributed by atoms with E-state index in [0.29, 0.717) is 38.3 Å². The average molecular weight is 417 g/mol. The van der Waals surface area contributed by atoms with Crippen LogP contribution in [0.1, 0.15) is 15.9 Å². The van der Waals surface area contributed by atoms with Crippen LogP contribution in [-0.2, 0) is 4.79 Å². The maximum absolute atomic E-state index is 12.3. The summed E-state index contributed by atoms with van der Waals surface area (Å²) in [5, 5.41) is 3.32. The summed E-state index contributed by atoms with van der Waals surface area (Å²) >= 11 is 6.89. The van der Waals surface area contributed by atoms with Crippen molar-refractivity contribution >= 4 is 46.4 Å². The molecule has 1 N–H and O–H groups in total. The van der Waals surface area contributed by atoms with E-state index in [2.05, 4.69) is 10.3 Å². The summed E-state index contributed by atoms with van der Waals surface area (Å²) in [4.78, 5) is 28.9. The first-order valence-corrected chi connectivity index (χ1v) is 9.30. The average Bonchev–Trinajstić information content (AvgIpc) is 3.27. The Bertz CT molecular complexity index is 1030. The van der Waals surface area contributed by atoms with Gasteiger partial charge in [0.15, 0.2) is 16.7 Å². The highest BCUT2D eigenvalue weighted by atomic mass is 35.5. The number of nitrogens with one attached hydrogen (secondary N) is 1. The van der Waals surface area contributed by atoms with Crippen LogP contribution < -0.4 is 19.5 Å². The van der Waals surface area contributed by atoms with Crippen LogP contribution in [-0.4, -0.2) is 30.9 Å². The van der Waals surface area contributed by atoms with Gasteiger partial charge in [-0.15, -0.1) is 0 Å². The minimum absolute atomic E-state index is 0.136. The predicted molar refractivity (Wildman–Crippen MR) is 106 cm³/mol. The fourth-order valence-corrected chi connectivity index (χ4v) is 3.54. The van der Waals surface area contributed by atoms with Crippen molar-refractivity contribution in [2.75, 3.05) is 13.9 Å². The molecular weight excluding hydrogens is 404 g/mol. The Hall–Kier alpha value is -2.97. The van der Waals surface area contributed by atoms with Crippen LogP contribution in [0.25, 0.3) is 6.08 Å². The lowest BCUT2D eigenvalue weighted by atomic mass is 10.1. The van der Waals surface area contributed by atoms with Gasteiger partial charge >= 0.3 is 0 Å². The first kappa shape index (κ1) is 18.4. The quantitative estimate of drug-likeness (QED) is 0.771. The Labute approximate surface area is 169 Å². The van der Waals surface area contributed by atoms with Crippen molar-refractivity contribution in [3.63, 3.8) is 0 Å². The third kappa shape index (κ3) is 3.69. The lowest BCUT2D eigenvalue weighted by Crippen LogP contribution is -2.20. The Morgan fingerprint density at radius 3 is 2.68 bits per heavy atom. The highest BCUT2D eigenvalue weighted by Gasteiger charge is 2.26. The number of thioether (sulfide) groups is 1. The van der Waals surface area contributed by atoms with Crippen LogP contribution in [0.3, 0.4) is 0 Å². The zero-order valence-electron chi connectivity index (χ0n) is 14.5. The molecule has 28 heavy (non-hydrogen) atoms. The van der Waals surface area contributed by atoms with Crippen molar-refractivity contribution < 1.29 is 23.8 Å². The van der Waals surface area contributed by atoms with Crippen molar-refractivity contribution in [2.45, 2.75) is 0 Å². The Morgan fingerprint density at radius 1 is 1.25 bits per heavy atom. The van der Waals surface area contributed by atoms with Crippen molar-refractivity contribution in [1.82, 2.24) is 5.32 Å². The molecule has 0 atom stereocenters. The molecule has 1 fully saturated rings. The molecule has 7 nitrogen and oxygen atoms in total. The maximum Gasteiger partial charge on any atom is 0.279 e. The summed E-state index contributed by atoms with van der Waals surface area (Å²) in [6, 6.07) is 9.79. The SMILES string of the molecule is COc1cc2c(cc1/C=C1\SC(=NC(=O)c3ccc(Cl)cc3)NC1=O)OCO2. The molecule has 0 bridgehead atoms. The van der Waals surface area contributed by atoms with Crippen LogP contribution >= 0.6 is 23.4 Å². The van der Waals surface area contributed by atoms with E-state index >= 15 is 0 Å². The highest BCUT2D eigenvalue weighted by Crippen LogP contribution is 2.40. The Balaban J connectivity index is 1.58. The van der Waals surface area contributed by atoms with Gasteiger partial charge in [0.2, 0.25) is 6.79 Å². The molecule has 2 aromatic carbocycles. The third-order valence-corrected chi connectivity index (χ3v) is 5.12. The molecule has 9 heteroatoms. The number of hydrogen-bond acceptors (Lipinski definition) is 6. The molecule has 0 aromatic heterocycles. The molecule has 0 saturated carbocycles. The maximum atomic E-state index is 12.3. The van der Waals surface area contributed by atoms with Crippen molar-refractivity contribution in [2.24, 2.45) is 4.99 Å². The molecule has 2 heterocycles. The largest absolute Gasteiger partial charge is 0.496 e. The van der Waals surface area contributed by atoms with Crippen molar-refractivity contribution in [3.8, 4) is 17.2 Å². The topological polar surface area (TPSA) is 86.2 Å². The minimum Gasteiger partial charge on any atom is -0.496 e. The van der Waals surface area contributed by atoms with Crippen molar-refractivity contribution in [3.05, 3.63) is 57.5 Å². The molecular formula is C19H13ClN2O5S. The summed E-state index contributed by atoms with van der Waals surface area (Å²) in [5.74, 6) is 0.864. The lowest BCUT2D eigenvalue weighted by molar-refractivity contribution is -0.115. The monoisotopic (exact) mass is 416 g/mol. The second-order valence-corrected chi connectivity index (χ2v) is 7.21. The molecule has 2 aliphatic heterocycles. The van der Waals surface area contributed by atoms with E-state index in [1.54, 1.807) is 42.5 Å². The van der Waals surface area contributed by atoms with Gasteiger partial charge in [0.25, 0.3) is 11.8 Å². The second kappa shape index (κ2) is 7.57. The lowest BCUT2D eigenvalue weighted by Gasteiger charge is -2.06. The predicted octanol–water partition coefficient (Wildman–Crippen LogP) is 3.48. The number of amides is 2. The standard InChI is InChI=1S/C19H13ClN2O5S/c1-25-13-8-15-14(26-9-27-15)6-11(13)7-16-18(24)22-19(28-16)21-17(23)10-2-4-12(20)5-3-10/h2-8H,9H2,1H3,(H,21,22,23,24)/b16-7-. The second-order valence-electron chi connectivity index (χ2n) is 5.74. The molecule has 142 valence electrons. The summed E-state index contributed by atoms with van der Waals surface area (Å²) in [5.41, 5.74) is 1.02.